The normalized spacial score (nSPS) is 31.0. The highest BCUT2D eigenvalue weighted by atomic mass is 32.2. The highest BCUT2D eigenvalue weighted by Crippen LogP contribution is 2.37. The molecule has 1 rings (SSSR count). The molecule has 2 atom stereocenters. The van der Waals surface area contributed by atoms with E-state index in [-0.39, 0.29) is 0 Å². The molecule has 0 radical (unpaired) electrons. The summed E-state index contributed by atoms with van der Waals surface area (Å²) in [7, 11) is 0. The summed E-state index contributed by atoms with van der Waals surface area (Å²) in [4.78, 5) is 0. The van der Waals surface area contributed by atoms with Gasteiger partial charge in [0.2, 0.25) is 0 Å². The van der Waals surface area contributed by atoms with Crippen molar-refractivity contribution in [3.63, 3.8) is 0 Å². The Hall–Kier alpha value is 0.350. The third kappa shape index (κ3) is 2.69. The lowest BCUT2D eigenvalue weighted by Gasteiger charge is -2.33. The van der Waals surface area contributed by atoms with E-state index in [1.54, 1.807) is 0 Å². The molecule has 1 saturated carbocycles. The molecular weight excluding hydrogens is 164 g/mol. The second kappa shape index (κ2) is 5.16. The minimum absolute atomic E-state index is 0.898. The van der Waals surface area contributed by atoms with Crippen molar-refractivity contribution >= 4 is 11.8 Å². The van der Waals surface area contributed by atoms with Crippen molar-refractivity contribution in [2.45, 2.75) is 51.7 Å². The molecule has 2 unspecified atom stereocenters. The summed E-state index contributed by atoms with van der Waals surface area (Å²) in [6.45, 7) is 7.06. The van der Waals surface area contributed by atoms with Crippen molar-refractivity contribution in [2.24, 2.45) is 11.8 Å². The van der Waals surface area contributed by atoms with Crippen molar-refractivity contribution in [3.8, 4) is 0 Å². The monoisotopic (exact) mass is 186 g/mol. The Kier molecular flexibility index (Phi) is 4.49. The first-order valence-electron chi connectivity index (χ1n) is 5.37. The van der Waals surface area contributed by atoms with Crippen LogP contribution in [0.5, 0.6) is 0 Å². The van der Waals surface area contributed by atoms with Gasteiger partial charge < -0.3 is 0 Å². The first kappa shape index (κ1) is 10.4. The van der Waals surface area contributed by atoms with E-state index >= 15 is 0 Å². The molecule has 0 aromatic rings. The highest BCUT2D eigenvalue weighted by Gasteiger charge is 2.26. The van der Waals surface area contributed by atoms with Gasteiger partial charge in [-0.05, 0) is 30.4 Å². The zero-order valence-corrected chi connectivity index (χ0v) is 9.49. The molecule has 0 saturated heterocycles. The van der Waals surface area contributed by atoms with Gasteiger partial charge in [-0.2, -0.15) is 11.8 Å². The van der Waals surface area contributed by atoms with E-state index < -0.39 is 0 Å². The van der Waals surface area contributed by atoms with Gasteiger partial charge >= 0.3 is 0 Å². The van der Waals surface area contributed by atoms with E-state index in [9.17, 15) is 0 Å². The molecule has 0 aromatic heterocycles. The lowest BCUT2D eigenvalue weighted by molar-refractivity contribution is 0.289. The average molecular weight is 186 g/mol. The van der Waals surface area contributed by atoms with Crippen LogP contribution in [0.25, 0.3) is 0 Å². The Labute approximate surface area is 81.5 Å². The summed E-state index contributed by atoms with van der Waals surface area (Å²) in [6, 6.07) is 0. The van der Waals surface area contributed by atoms with Crippen LogP contribution in [-0.4, -0.2) is 11.0 Å². The van der Waals surface area contributed by atoms with Gasteiger partial charge in [0, 0.05) is 5.25 Å². The van der Waals surface area contributed by atoms with Gasteiger partial charge in [0.1, 0.15) is 0 Å². The van der Waals surface area contributed by atoms with Gasteiger partial charge in [0.25, 0.3) is 0 Å². The number of hydrogen-bond acceptors (Lipinski definition) is 1. The Balaban J connectivity index is 2.42. The highest BCUT2D eigenvalue weighted by molar-refractivity contribution is 7.99. The summed E-state index contributed by atoms with van der Waals surface area (Å²) in [5.74, 6) is 3.20. The van der Waals surface area contributed by atoms with Crippen molar-refractivity contribution in [1.29, 1.82) is 0 Å². The molecule has 1 fully saturated rings. The number of thioether (sulfide) groups is 1. The topological polar surface area (TPSA) is 0 Å². The molecule has 0 amide bonds. The third-order valence-electron chi connectivity index (χ3n) is 2.99. The Bertz CT molecular complexity index is 118. The fourth-order valence-corrected chi connectivity index (χ4v) is 3.77. The predicted molar refractivity (Wildman–Crippen MR) is 58.7 cm³/mol. The summed E-state index contributed by atoms with van der Waals surface area (Å²) in [5.41, 5.74) is 0. The van der Waals surface area contributed by atoms with E-state index in [1.807, 2.05) is 0 Å². The smallest absolute Gasteiger partial charge is 0.00776 e. The summed E-state index contributed by atoms with van der Waals surface area (Å²) in [5, 5.41) is 0.976. The molecule has 0 bridgehead atoms. The fourth-order valence-electron chi connectivity index (χ4n) is 2.31. The second-order valence-corrected chi connectivity index (χ2v) is 5.70. The lowest BCUT2D eigenvalue weighted by Crippen LogP contribution is -2.26. The zero-order chi connectivity index (χ0) is 8.97. The summed E-state index contributed by atoms with van der Waals surface area (Å²) < 4.78 is 0. The maximum atomic E-state index is 2.39. The van der Waals surface area contributed by atoms with Crippen molar-refractivity contribution in [2.75, 3.05) is 5.75 Å². The quantitative estimate of drug-likeness (QED) is 0.643. The first-order chi connectivity index (χ1) is 5.75. The van der Waals surface area contributed by atoms with Crippen LogP contribution in [0, 0.1) is 11.8 Å². The van der Waals surface area contributed by atoms with Crippen molar-refractivity contribution < 1.29 is 0 Å². The standard InChI is InChI=1S/C11H22S/c1-4-12-11-8-6-5-7-10(11)9(2)3/h9-11H,4-8H2,1-3H3. The largest absolute Gasteiger partial charge is 0.159 e. The summed E-state index contributed by atoms with van der Waals surface area (Å²) >= 11 is 2.19. The van der Waals surface area contributed by atoms with E-state index in [2.05, 4.69) is 32.5 Å². The van der Waals surface area contributed by atoms with Crippen LogP contribution < -0.4 is 0 Å². The van der Waals surface area contributed by atoms with E-state index in [0.717, 1.165) is 17.1 Å². The Morgan fingerprint density at radius 1 is 1.25 bits per heavy atom. The molecule has 0 N–H and O–H groups in total. The SMILES string of the molecule is CCSC1CCCCC1C(C)C. The maximum absolute atomic E-state index is 2.39. The van der Waals surface area contributed by atoms with E-state index in [0.29, 0.717) is 0 Å². The molecule has 1 aliphatic carbocycles. The van der Waals surface area contributed by atoms with Crippen LogP contribution in [0.4, 0.5) is 0 Å². The second-order valence-electron chi connectivity index (χ2n) is 4.19. The van der Waals surface area contributed by atoms with Crippen LogP contribution in [0.15, 0.2) is 0 Å². The van der Waals surface area contributed by atoms with Crippen LogP contribution in [0.1, 0.15) is 46.5 Å². The molecule has 72 valence electrons. The third-order valence-corrected chi connectivity index (χ3v) is 4.34. The van der Waals surface area contributed by atoms with Crippen LogP contribution in [0.3, 0.4) is 0 Å². The fraction of sp³-hybridized carbons (Fsp3) is 1.00. The summed E-state index contributed by atoms with van der Waals surface area (Å²) in [6.07, 6.45) is 5.90. The average Bonchev–Trinajstić information content (AvgIpc) is 2.05. The molecule has 1 heteroatoms. The first-order valence-corrected chi connectivity index (χ1v) is 6.42. The minimum Gasteiger partial charge on any atom is -0.159 e. The van der Waals surface area contributed by atoms with Crippen molar-refractivity contribution in [1.82, 2.24) is 0 Å². The van der Waals surface area contributed by atoms with Crippen LogP contribution >= 0.6 is 11.8 Å². The molecule has 0 heterocycles. The van der Waals surface area contributed by atoms with Gasteiger partial charge in [-0.15, -0.1) is 0 Å². The molecule has 0 spiro atoms. The predicted octanol–water partition coefficient (Wildman–Crippen LogP) is 3.95. The Morgan fingerprint density at radius 3 is 2.50 bits per heavy atom. The molecule has 0 aliphatic heterocycles. The molecule has 0 nitrogen and oxygen atoms in total. The van der Waals surface area contributed by atoms with Crippen LogP contribution in [-0.2, 0) is 0 Å². The van der Waals surface area contributed by atoms with Crippen molar-refractivity contribution in [3.05, 3.63) is 0 Å². The van der Waals surface area contributed by atoms with Gasteiger partial charge in [-0.1, -0.05) is 33.6 Å². The zero-order valence-electron chi connectivity index (χ0n) is 8.68. The molecule has 1 aliphatic rings. The van der Waals surface area contributed by atoms with E-state index in [1.165, 1.54) is 31.4 Å². The molecule has 12 heavy (non-hydrogen) atoms. The Morgan fingerprint density at radius 2 is 1.92 bits per heavy atom. The number of rotatable bonds is 3. The molecular formula is C11H22S. The molecule has 0 aromatic carbocycles. The van der Waals surface area contributed by atoms with Crippen LogP contribution in [0.2, 0.25) is 0 Å². The lowest BCUT2D eigenvalue weighted by atomic mass is 9.81. The van der Waals surface area contributed by atoms with Gasteiger partial charge in [0.15, 0.2) is 0 Å². The number of hydrogen-bond donors (Lipinski definition) is 0. The van der Waals surface area contributed by atoms with Gasteiger partial charge in [-0.3, -0.25) is 0 Å². The maximum Gasteiger partial charge on any atom is 0.00776 e. The van der Waals surface area contributed by atoms with Gasteiger partial charge in [0.05, 0.1) is 0 Å². The van der Waals surface area contributed by atoms with Gasteiger partial charge in [-0.25, -0.2) is 0 Å². The van der Waals surface area contributed by atoms with E-state index in [4.69, 9.17) is 0 Å². The minimum atomic E-state index is 0.898.